The Morgan fingerprint density at radius 3 is 2.75 bits per heavy atom. The van der Waals surface area contributed by atoms with Crippen LogP contribution in [0.1, 0.15) is 6.92 Å². The molecule has 0 bridgehead atoms. The van der Waals surface area contributed by atoms with E-state index in [4.69, 9.17) is 11.5 Å². The van der Waals surface area contributed by atoms with Gasteiger partial charge >= 0.3 is 0 Å². The number of aliphatic imine (C=N–C) groups is 2. The van der Waals surface area contributed by atoms with Crippen molar-refractivity contribution in [1.82, 2.24) is 5.32 Å². The van der Waals surface area contributed by atoms with Crippen LogP contribution in [0.4, 0.5) is 0 Å². The second-order valence-corrected chi connectivity index (χ2v) is 3.04. The smallest absolute Gasteiger partial charge is 0.123 e. The van der Waals surface area contributed by atoms with E-state index in [1.165, 1.54) is 12.4 Å². The summed E-state index contributed by atoms with van der Waals surface area (Å²) in [4.78, 5) is 8.18. The van der Waals surface area contributed by atoms with Crippen molar-refractivity contribution in [3.63, 3.8) is 0 Å². The summed E-state index contributed by atoms with van der Waals surface area (Å²) in [6.07, 6.45) is 6.20. The molecule has 0 heterocycles. The fourth-order valence-electron chi connectivity index (χ4n) is 0.823. The molecular weight excluding hydrogens is 202 g/mol. The molecule has 0 aliphatic rings. The number of nitrogens with zero attached hydrogens (tertiary/aromatic N) is 2. The second-order valence-electron chi connectivity index (χ2n) is 3.04. The topological polar surface area (TPSA) is 88.8 Å². The average molecular weight is 221 g/mol. The van der Waals surface area contributed by atoms with Crippen LogP contribution in [0.5, 0.6) is 0 Å². The number of hydrogen-bond donors (Lipinski definition) is 3. The minimum absolute atomic E-state index is 0.211. The van der Waals surface area contributed by atoms with E-state index in [0.29, 0.717) is 18.2 Å². The molecular formula is C11H19N5. The Kier molecular flexibility index (Phi) is 7.44. The summed E-state index contributed by atoms with van der Waals surface area (Å²) in [7, 11) is 0. The van der Waals surface area contributed by atoms with Crippen molar-refractivity contribution in [3.8, 4) is 0 Å². The van der Waals surface area contributed by atoms with Crippen LogP contribution in [-0.2, 0) is 0 Å². The van der Waals surface area contributed by atoms with Crippen molar-refractivity contribution in [3.05, 3.63) is 37.3 Å². The zero-order valence-electron chi connectivity index (χ0n) is 9.56. The van der Waals surface area contributed by atoms with Crippen LogP contribution in [0, 0.1) is 0 Å². The number of nitrogens with two attached hydrogens (primary N) is 2. The molecule has 0 saturated heterocycles. The molecule has 0 rings (SSSR count). The fraction of sp³-hybridized carbons (Fsp3) is 0.273. The summed E-state index contributed by atoms with van der Waals surface area (Å²) in [5.41, 5.74) is 10.9. The van der Waals surface area contributed by atoms with Gasteiger partial charge in [0.2, 0.25) is 0 Å². The van der Waals surface area contributed by atoms with Gasteiger partial charge in [0.05, 0.1) is 12.6 Å². The molecule has 0 radical (unpaired) electrons. The first-order valence-electron chi connectivity index (χ1n) is 4.89. The molecule has 0 aliphatic heterocycles. The van der Waals surface area contributed by atoms with Gasteiger partial charge in [0.15, 0.2) is 0 Å². The Labute approximate surface area is 96.3 Å². The van der Waals surface area contributed by atoms with Gasteiger partial charge in [-0.05, 0) is 19.2 Å². The van der Waals surface area contributed by atoms with Crippen LogP contribution in [0.3, 0.4) is 0 Å². The van der Waals surface area contributed by atoms with E-state index in [-0.39, 0.29) is 6.04 Å². The first-order valence-corrected chi connectivity index (χ1v) is 4.89. The molecule has 0 aliphatic carbocycles. The summed E-state index contributed by atoms with van der Waals surface area (Å²) < 4.78 is 0. The van der Waals surface area contributed by atoms with Gasteiger partial charge < -0.3 is 16.8 Å². The number of nitrogens with one attached hydrogen (secondary N) is 1. The van der Waals surface area contributed by atoms with Crippen molar-refractivity contribution in [2.24, 2.45) is 21.5 Å². The summed E-state index contributed by atoms with van der Waals surface area (Å²) in [5.74, 6) is 1.08. The average Bonchev–Trinajstić information content (AvgIpc) is 2.24. The van der Waals surface area contributed by atoms with Gasteiger partial charge in [-0.15, -0.1) is 6.58 Å². The zero-order chi connectivity index (χ0) is 12.4. The molecule has 88 valence electrons. The number of allylic oxidation sites excluding steroid dienone is 1. The van der Waals surface area contributed by atoms with E-state index in [0.717, 1.165) is 0 Å². The van der Waals surface area contributed by atoms with Crippen molar-refractivity contribution in [2.75, 3.05) is 6.54 Å². The minimum atomic E-state index is -0.211. The van der Waals surface area contributed by atoms with Crippen LogP contribution < -0.4 is 16.8 Å². The Balaban J connectivity index is 4.40. The van der Waals surface area contributed by atoms with E-state index < -0.39 is 0 Å². The van der Waals surface area contributed by atoms with Gasteiger partial charge in [0.1, 0.15) is 11.7 Å². The molecule has 0 aromatic rings. The summed E-state index contributed by atoms with van der Waals surface area (Å²) in [6.45, 7) is 9.62. The molecule has 1 atom stereocenters. The maximum Gasteiger partial charge on any atom is 0.123 e. The highest BCUT2D eigenvalue weighted by atomic mass is 15.1. The minimum Gasteiger partial charge on any atom is -0.405 e. The van der Waals surface area contributed by atoms with Crippen molar-refractivity contribution >= 4 is 12.1 Å². The van der Waals surface area contributed by atoms with Crippen molar-refractivity contribution < 1.29 is 0 Å². The highest BCUT2D eigenvalue weighted by molar-refractivity contribution is 5.88. The molecule has 0 amide bonds. The molecule has 0 saturated carbocycles. The predicted molar refractivity (Wildman–Crippen MR) is 70.2 cm³/mol. The van der Waals surface area contributed by atoms with Crippen molar-refractivity contribution in [2.45, 2.75) is 13.0 Å². The van der Waals surface area contributed by atoms with E-state index in [1.807, 2.05) is 6.92 Å². The Bertz CT molecular complexity index is 312. The highest BCUT2D eigenvalue weighted by Crippen LogP contribution is 1.90. The Hall–Kier alpha value is -1.88. The monoisotopic (exact) mass is 221 g/mol. The van der Waals surface area contributed by atoms with Gasteiger partial charge in [-0.25, -0.2) is 4.99 Å². The molecule has 5 N–H and O–H groups in total. The summed E-state index contributed by atoms with van der Waals surface area (Å²) in [6, 6.07) is -0.211. The van der Waals surface area contributed by atoms with E-state index in [2.05, 4.69) is 28.5 Å². The van der Waals surface area contributed by atoms with Gasteiger partial charge in [0.25, 0.3) is 0 Å². The first kappa shape index (κ1) is 14.1. The van der Waals surface area contributed by atoms with E-state index >= 15 is 0 Å². The number of hydrogen-bond acceptors (Lipinski definition) is 4. The number of rotatable bonds is 6. The lowest BCUT2D eigenvalue weighted by Gasteiger charge is -2.12. The second kappa shape index (κ2) is 8.43. The van der Waals surface area contributed by atoms with Crippen LogP contribution in [0.2, 0.25) is 0 Å². The van der Waals surface area contributed by atoms with Crippen LogP contribution in [0.25, 0.3) is 0 Å². The quantitative estimate of drug-likeness (QED) is 0.347. The third-order valence-electron chi connectivity index (χ3n) is 1.52. The molecule has 5 heteroatoms. The van der Waals surface area contributed by atoms with Crippen LogP contribution >= 0.6 is 0 Å². The predicted octanol–water partition coefficient (Wildman–Crippen LogP) is 0.522. The highest BCUT2D eigenvalue weighted by Gasteiger charge is 2.04. The molecule has 0 aromatic heterocycles. The van der Waals surface area contributed by atoms with Crippen LogP contribution in [0.15, 0.2) is 47.3 Å². The Morgan fingerprint density at radius 2 is 2.25 bits per heavy atom. The molecule has 0 fully saturated rings. The molecule has 5 nitrogen and oxygen atoms in total. The van der Waals surface area contributed by atoms with Crippen LogP contribution in [-0.4, -0.2) is 24.6 Å². The maximum absolute atomic E-state index is 5.73. The van der Waals surface area contributed by atoms with E-state index in [1.54, 1.807) is 12.2 Å². The van der Waals surface area contributed by atoms with Gasteiger partial charge in [-0.1, -0.05) is 12.7 Å². The third-order valence-corrected chi connectivity index (χ3v) is 1.52. The van der Waals surface area contributed by atoms with Gasteiger partial charge in [-0.3, -0.25) is 4.99 Å². The Morgan fingerprint density at radius 1 is 1.56 bits per heavy atom. The first-order chi connectivity index (χ1) is 7.61. The maximum atomic E-state index is 5.73. The van der Waals surface area contributed by atoms with E-state index in [9.17, 15) is 0 Å². The largest absolute Gasteiger partial charge is 0.405 e. The SMILES string of the molecule is C=CC/N=C(\NC(=C)/N=C\C=C/N)[C@H](C)N. The normalized spacial score (nSPS) is 14.2. The fourth-order valence-corrected chi connectivity index (χ4v) is 0.823. The lowest BCUT2D eigenvalue weighted by molar-refractivity contribution is 0.896. The lowest BCUT2D eigenvalue weighted by Crippen LogP contribution is -2.37. The lowest BCUT2D eigenvalue weighted by atomic mass is 10.3. The number of amidine groups is 1. The zero-order valence-corrected chi connectivity index (χ0v) is 9.56. The molecule has 0 spiro atoms. The van der Waals surface area contributed by atoms with Gasteiger partial charge in [-0.2, -0.15) is 0 Å². The third kappa shape index (κ3) is 6.56. The molecule has 0 unspecified atom stereocenters. The van der Waals surface area contributed by atoms with Crippen molar-refractivity contribution in [1.29, 1.82) is 0 Å². The summed E-state index contributed by atoms with van der Waals surface area (Å²) >= 11 is 0. The summed E-state index contributed by atoms with van der Waals surface area (Å²) in [5, 5.41) is 2.92. The molecule has 16 heavy (non-hydrogen) atoms. The molecule has 0 aromatic carbocycles. The van der Waals surface area contributed by atoms with Gasteiger partial charge in [0, 0.05) is 6.21 Å². The standard InChI is InChI=1S/C11H19N5/c1-4-7-15-11(9(2)13)16-10(3)14-8-5-6-12/h4-6,8-9H,1,3,7,12-13H2,2H3,(H,15,16)/b6-5-,14-8-/t9-/m0/s1.